The minimum atomic E-state index is -0.196. The Morgan fingerprint density at radius 3 is 2.71 bits per heavy atom. The van der Waals surface area contributed by atoms with Gasteiger partial charge in [-0.2, -0.15) is 9.78 Å². The van der Waals surface area contributed by atoms with Crippen LogP contribution in [0, 0.1) is 13.8 Å². The van der Waals surface area contributed by atoms with Gasteiger partial charge in [-0.3, -0.25) is 4.79 Å². The lowest BCUT2D eigenvalue weighted by Crippen LogP contribution is -2.20. The van der Waals surface area contributed by atoms with Crippen molar-refractivity contribution in [3.63, 3.8) is 0 Å². The number of fused-ring (bicyclic) bond motifs is 3. The van der Waals surface area contributed by atoms with Gasteiger partial charge in [0.05, 0.1) is 6.21 Å². The summed E-state index contributed by atoms with van der Waals surface area (Å²) in [7, 11) is 0. The number of aromatic amines is 1. The maximum atomic E-state index is 12.8. The van der Waals surface area contributed by atoms with Crippen LogP contribution in [0.3, 0.4) is 0 Å². The summed E-state index contributed by atoms with van der Waals surface area (Å²) in [6, 6.07) is 15.7. The zero-order chi connectivity index (χ0) is 16.7. The van der Waals surface area contributed by atoms with Gasteiger partial charge in [-0.15, -0.1) is 0 Å². The maximum absolute atomic E-state index is 12.8. The van der Waals surface area contributed by atoms with Gasteiger partial charge >= 0.3 is 0 Å². The molecule has 0 spiro atoms. The first-order chi connectivity index (χ1) is 11.6. The van der Waals surface area contributed by atoms with E-state index in [0.717, 1.165) is 22.0 Å². The Bertz CT molecular complexity index is 1140. The van der Waals surface area contributed by atoms with Crippen molar-refractivity contribution < 1.29 is 0 Å². The Labute approximate surface area is 138 Å². The summed E-state index contributed by atoms with van der Waals surface area (Å²) in [6.45, 7) is 3.81. The summed E-state index contributed by atoms with van der Waals surface area (Å²) in [5.74, 6) is 0.557. The topological polar surface area (TPSA) is 63.0 Å². The monoisotopic (exact) mass is 316 g/mol. The van der Waals surface area contributed by atoms with Crippen LogP contribution < -0.4 is 5.56 Å². The van der Waals surface area contributed by atoms with Crippen LogP contribution in [0.1, 0.15) is 17.0 Å². The molecule has 0 aliphatic rings. The molecule has 0 saturated heterocycles. The quantitative estimate of drug-likeness (QED) is 0.576. The summed E-state index contributed by atoms with van der Waals surface area (Å²) < 4.78 is 1.33. The van der Waals surface area contributed by atoms with E-state index in [0.29, 0.717) is 16.9 Å². The Balaban J connectivity index is 1.93. The molecule has 1 N–H and O–H groups in total. The van der Waals surface area contributed by atoms with Crippen molar-refractivity contribution in [3.8, 4) is 0 Å². The molecule has 0 amide bonds. The third-order valence-electron chi connectivity index (χ3n) is 4.03. The molecule has 0 saturated carbocycles. The summed E-state index contributed by atoms with van der Waals surface area (Å²) >= 11 is 0. The number of H-pyrrole nitrogens is 1. The van der Waals surface area contributed by atoms with E-state index >= 15 is 0 Å². The predicted octanol–water partition coefficient (Wildman–Crippen LogP) is 3.38. The lowest BCUT2D eigenvalue weighted by atomic mass is 10.2. The van der Waals surface area contributed by atoms with Gasteiger partial charge < -0.3 is 4.98 Å². The molecule has 5 heteroatoms. The van der Waals surface area contributed by atoms with Crippen LogP contribution in [0.25, 0.3) is 21.9 Å². The summed E-state index contributed by atoms with van der Waals surface area (Å²) in [5.41, 5.74) is 3.95. The van der Waals surface area contributed by atoms with Crippen molar-refractivity contribution in [1.29, 1.82) is 0 Å². The predicted molar refractivity (Wildman–Crippen MR) is 96.8 cm³/mol. The molecule has 118 valence electrons. The average molecular weight is 316 g/mol. The van der Waals surface area contributed by atoms with Gasteiger partial charge in [0, 0.05) is 10.9 Å². The average Bonchev–Trinajstić information content (AvgIpc) is 2.94. The molecule has 2 aromatic carbocycles. The van der Waals surface area contributed by atoms with Crippen molar-refractivity contribution in [2.45, 2.75) is 13.8 Å². The van der Waals surface area contributed by atoms with E-state index in [1.807, 2.05) is 55.5 Å². The Kier molecular flexibility index (Phi) is 3.27. The number of rotatable bonds is 2. The van der Waals surface area contributed by atoms with Gasteiger partial charge in [-0.1, -0.05) is 42.0 Å². The molecule has 4 aromatic rings. The molecule has 0 bridgehead atoms. The third kappa shape index (κ3) is 2.31. The van der Waals surface area contributed by atoms with Crippen LogP contribution in [-0.2, 0) is 0 Å². The van der Waals surface area contributed by atoms with Crippen LogP contribution in [0.2, 0.25) is 0 Å². The van der Waals surface area contributed by atoms with Gasteiger partial charge in [0.25, 0.3) is 5.56 Å². The first-order valence-electron chi connectivity index (χ1n) is 7.74. The maximum Gasteiger partial charge on any atom is 0.298 e. The number of aromatic nitrogens is 3. The Morgan fingerprint density at radius 2 is 1.92 bits per heavy atom. The van der Waals surface area contributed by atoms with E-state index in [4.69, 9.17) is 0 Å². The van der Waals surface area contributed by atoms with Crippen LogP contribution in [0.4, 0.5) is 0 Å². The van der Waals surface area contributed by atoms with Crippen molar-refractivity contribution in [1.82, 2.24) is 14.6 Å². The van der Waals surface area contributed by atoms with Gasteiger partial charge in [0.15, 0.2) is 0 Å². The SMILES string of the molecule is Cc1ccc2[nH]c3c(=O)n(/N=C\c4ccccc4)c(C)nc3c2c1. The number of aryl methyl sites for hydroxylation is 2. The lowest BCUT2D eigenvalue weighted by molar-refractivity contribution is 0.770. The highest BCUT2D eigenvalue weighted by Gasteiger charge is 2.13. The first-order valence-corrected chi connectivity index (χ1v) is 7.74. The molecular weight excluding hydrogens is 300 g/mol. The largest absolute Gasteiger partial charge is 0.349 e. The minimum Gasteiger partial charge on any atom is -0.349 e. The smallest absolute Gasteiger partial charge is 0.298 e. The van der Waals surface area contributed by atoms with Crippen LogP contribution in [0.15, 0.2) is 58.4 Å². The zero-order valence-electron chi connectivity index (χ0n) is 13.4. The molecular formula is C19H16N4O. The molecule has 4 rings (SSSR count). The second-order valence-electron chi connectivity index (χ2n) is 5.83. The van der Waals surface area contributed by atoms with Gasteiger partial charge in [-0.05, 0) is 31.5 Å². The van der Waals surface area contributed by atoms with Crippen molar-refractivity contribution in [3.05, 3.63) is 75.8 Å². The fraction of sp³-hybridized carbons (Fsp3) is 0.105. The molecule has 0 aliphatic heterocycles. The van der Waals surface area contributed by atoms with Crippen LogP contribution in [-0.4, -0.2) is 20.9 Å². The Hall–Kier alpha value is -3.21. The molecule has 0 fully saturated rings. The second-order valence-corrected chi connectivity index (χ2v) is 5.83. The number of nitrogens with zero attached hydrogens (tertiary/aromatic N) is 3. The highest BCUT2D eigenvalue weighted by Crippen LogP contribution is 2.22. The third-order valence-corrected chi connectivity index (χ3v) is 4.03. The van der Waals surface area contributed by atoms with E-state index in [1.165, 1.54) is 4.68 Å². The van der Waals surface area contributed by atoms with E-state index in [1.54, 1.807) is 13.1 Å². The van der Waals surface area contributed by atoms with Crippen molar-refractivity contribution in [2.24, 2.45) is 5.10 Å². The number of hydrogen-bond donors (Lipinski definition) is 1. The molecule has 0 unspecified atom stereocenters. The van der Waals surface area contributed by atoms with Crippen molar-refractivity contribution >= 4 is 28.2 Å². The summed E-state index contributed by atoms with van der Waals surface area (Å²) in [5, 5.41) is 5.27. The van der Waals surface area contributed by atoms with Gasteiger partial charge in [0.2, 0.25) is 0 Å². The van der Waals surface area contributed by atoms with E-state index in [9.17, 15) is 4.79 Å². The molecule has 0 aliphatic carbocycles. The highest BCUT2D eigenvalue weighted by atomic mass is 16.1. The van der Waals surface area contributed by atoms with Gasteiger partial charge in [0.1, 0.15) is 16.9 Å². The fourth-order valence-corrected chi connectivity index (χ4v) is 2.82. The van der Waals surface area contributed by atoms with Crippen LogP contribution in [0.5, 0.6) is 0 Å². The van der Waals surface area contributed by atoms with Crippen molar-refractivity contribution in [2.75, 3.05) is 0 Å². The Morgan fingerprint density at radius 1 is 1.12 bits per heavy atom. The molecule has 5 nitrogen and oxygen atoms in total. The normalized spacial score (nSPS) is 11.8. The first kappa shape index (κ1) is 14.4. The molecule has 0 atom stereocenters. The molecule has 2 aromatic heterocycles. The summed E-state index contributed by atoms with van der Waals surface area (Å²) in [4.78, 5) is 20.6. The van der Waals surface area contributed by atoms with E-state index in [-0.39, 0.29) is 5.56 Å². The lowest BCUT2D eigenvalue weighted by Gasteiger charge is -2.03. The van der Waals surface area contributed by atoms with Gasteiger partial charge in [-0.25, -0.2) is 4.98 Å². The molecule has 0 radical (unpaired) electrons. The van der Waals surface area contributed by atoms with E-state index < -0.39 is 0 Å². The summed E-state index contributed by atoms with van der Waals surface area (Å²) in [6.07, 6.45) is 1.66. The standard InChI is InChI=1S/C19H16N4O/c1-12-8-9-16-15(10-12)17-18(22-16)19(24)23(13(2)21-17)20-11-14-6-4-3-5-7-14/h3-11,22H,1-2H3/b20-11-. The molecule has 24 heavy (non-hydrogen) atoms. The fourth-order valence-electron chi connectivity index (χ4n) is 2.82. The number of hydrogen-bond acceptors (Lipinski definition) is 3. The zero-order valence-corrected chi connectivity index (χ0v) is 13.4. The van der Waals surface area contributed by atoms with E-state index in [2.05, 4.69) is 15.1 Å². The number of nitrogens with one attached hydrogen (secondary N) is 1. The number of benzene rings is 2. The van der Waals surface area contributed by atoms with Crippen LogP contribution >= 0.6 is 0 Å². The second kappa shape index (κ2) is 5.45. The molecule has 2 heterocycles. The minimum absolute atomic E-state index is 0.196. The highest BCUT2D eigenvalue weighted by molar-refractivity contribution is 6.04.